The van der Waals surface area contributed by atoms with E-state index < -0.39 is 0 Å². The molecular weight excluding hydrogens is 234 g/mol. The standard InChI is InChI=1S/C12H17N3O3/c1-16-5-2-6-17-7-8-18-12-11(14)10(9-13)3-4-15-12/h3-4H,2,5-8,14H2,1H3. The number of aromatic nitrogens is 1. The first-order valence-electron chi connectivity index (χ1n) is 5.63. The van der Waals surface area contributed by atoms with Crippen LogP contribution >= 0.6 is 0 Å². The zero-order valence-corrected chi connectivity index (χ0v) is 10.4. The first-order chi connectivity index (χ1) is 8.79. The Morgan fingerprint density at radius 1 is 1.33 bits per heavy atom. The van der Waals surface area contributed by atoms with Crippen molar-refractivity contribution in [1.29, 1.82) is 5.26 Å². The normalized spacial score (nSPS) is 10.0. The molecule has 0 fully saturated rings. The molecule has 0 aliphatic carbocycles. The number of pyridine rings is 1. The molecule has 6 heteroatoms. The third-order valence-electron chi connectivity index (χ3n) is 2.18. The maximum Gasteiger partial charge on any atom is 0.238 e. The molecular formula is C12H17N3O3. The third-order valence-corrected chi connectivity index (χ3v) is 2.18. The Hall–Kier alpha value is -1.84. The fourth-order valence-electron chi connectivity index (χ4n) is 1.27. The van der Waals surface area contributed by atoms with Crippen molar-refractivity contribution < 1.29 is 14.2 Å². The van der Waals surface area contributed by atoms with E-state index in [4.69, 9.17) is 25.2 Å². The molecule has 1 heterocycles. The van der Waals surface area contributed by atoms with Gasteiger partial charge in [0.1, 0.15) is 18.4 Å². The Kier molecular flexibility index (Phi) is 6.54. The van der Waals surface area contributed by atoms with Crippen LogP contribution in [0.1, 0.15) is 12.0 Å². The van der Waals surface area contributed by atoms with Gasteiger partial charge in [0.2, 0.25) is 5.88 Å². The summed E-state index contributed by atoms with van der Waals surface area (Å²) in [6.07, 6.45) is 2.34. The second-order valence-electron chi connectivity index (χ2n) is 3.50. The molecule has 6 nitrogen and oxygen atoms in total. The van der Waals surface area contributed by atoms with E-state index in [1.54, 1.807) is 13.2 Å². The lowest BCUT2D eigenvalue weighted by atomic mass is 10.2. The van der Waals surface area contributed by atoms with Gasteiger partial charge < -0.3 is 19.9 Å². The van der Waals surface area contributed by atoms with E-state index in [9.17, 15) is 0 Å². The quantitative estimate of drug-likeness (QED) is 0.692. The van der Waals surface area contributed by atoms with Gasteiger partial charge >= 0.3 is 0 Å². The van der Waals surface area contributed by atoms with Gasteiger partial charge in [0.25, 0.3) is 0 Å². The van der Waals surface area contributed by atoms with Crippen molar-refractivity contribution in [1.82, 2.24) is 4.98 Å². The van der Waals surface area contributed by atoms with E-state index in [2.05, 4.69) is 4.98 Å². The van der Waals surface area contributed by atoms with Crippen LogP contribution in [0.4, 0.5) is 5.69 Å². The maximum absolute atomic E-state index is 8.79. The molecule has 0 bridgehead atoms. The third kappa shape index (κ3) is 4.57. The van der Waals surface area contributed by atoms with Gasteiger partial charge in [-0.3, -0.25) is 0 Å². The van der Waals surface area contributed by atoms with E-state index in [1.807, 2.05) is 6.07 Å². The summed E-state index contributed by atoms with van der Waals surface area (Å²) in [5, 5.41) is 8.79. The van der Waals surface area contributed by atoms with Crippen LogP contribution in [0.25, 0.3) is 0 Å². The molecule has 0 saturated heterocycles. The van der Waals surface area contributed by atoms with Crippen molar-refractivity contribution in [2.24, 2.45) is 0 Å². The minimum Gasteiger partial charge on any atom is -0.474 e. The van der Waals surface area contributed by atoms with Gasteiger partial charge in [-0.25, -0.2) is 4.98 Å². The van der Waals surface area contributed by atoms with Crippen LogP contribution in [0.15, 0.2) is 12.3 Å². The fourth-order valence-corrected chi connectivity index (χ4v) is 1.27. The molecule has 1 rings (SSSR count). The molecule has 1 aromatic heterocycles. The molecule has 0 aliphatic rings. The van der Waals surface area contributed by atoms with Crippen LogP contribution in [0.3, 0.4) is 0 Å². The van der Waals surface area contributed by atoms with Gasteiger partial charge in [0.05, 0.1) is 12.2 Å². The molecule has 18 heavy (non-hydrogen) atoms. The minimum absolute atomic E-state index is 0.263. The summed E-state index contributed by atoms with van der Waals surface area (Å²) < 4.78 is 15.5. The average Bonchev–Trinajstić information content (AvgIpc) is 2.39. The van der Waals surface area contributed by atoms with Crippen molar-refractivity contribution in [3.05, 3.63) is 17.8 Å². The Bertz CT molecular complexity index is 404. The Balaban J connectivity index is 2.26. The summed E-state index contributed by atoms with van der Waals surface area (Å²) in [5.74, 6) is 0.273. The van der Waals surface area contributed by atoms with Crippen molar-refractivity contribution in [3.63, 3.8) is 0 Å². The number of nitrogen functional groups attached to an aromatic ring is 1. The van der Waals surface area contributed by atoms with Crippen molar-refractivity contribution in [2.45, 2.75) is 6.42 Å². The number of nitrogens with two attached hydrogens (primary N) is 1. The Labute approximate surface area is 106 Å². The topological polar surface area (TPSA) is 90.4 Å². The van der Waals surface area contributed by atoms with Crippen LogP contribution in [0.5, 0.6) is 5.88 Å². The predicted molar refractivity (Wildman–Crippen MR) is 66.2 cm³/mol. The van der Waals surface area contributed by atoms with E-state index >= 15 is 0 Å². The van der Waals surface area contributed by atoms with E-state index in [0.717, 1.165) is 6.42 Å². The summed E-state index contributed by atoms with van der Waals surface area (Å²) in [6, 6.07) is 3.52. The van der Waals surface area contributed by atoms with E-state index in [-0.39, 0.29) is 11.6 Å². The number of anilines is 1. The lowest BCUT2D eigenvalue weighted by Crippen LogP contribution is -2.10. The summed E-state index contributed by atoms with van der Waals surface area (Å²) in [5.41, 5.74) is 6.33. The van der Waals surface area contributed by atoms with Crippen molar-refractivity contribution >= 4 is 5.69 Å². The van der Waals surface area contributed by atoms with Gasteiger partial charge in [-0.05, 0) is 12.5 Å². The predicted octanol–water partition coefficient (Wildman–Crippen LogP) is 0.967. The zero-order valence-electron chi connectivity index (χ0n) is 10.4. The largest absolute Gasteiger partial charge is 0.474 e. The molecule has 0 amide bonds. The number of ether oxygens (including phenoxy) is 3. The highest BCUT2D eigenvalue weighted by atomic mass is 16.5. The Morgan fingerprint density at radius 3 is 2.89 bits per heavy atom. The molecule has 0 aliphatic heterocycles. The minimum atomic E-state index is 0.263. The van der Waals surface area contributed by atoms with Crippen LogP contribution < -0.4 is 10.5 Å². The summed E-state index contributed by atoms with van der Waals surface area (Å²) >= 11 is 0. The smallest absolute Gasteiger partial charge is 0.238 e. The summed E-state index contributed by atoms with van der Waals surface area (Å²) in [6.45, 7) is 2.10. The number of hydrogen-bond donors (Lipinski definition) is 1. The first kappa shape index (κ1) is 14.2. The first-order valence-corrected chi connectivity index (χ1v) is 5.63. The molecule has 98 valence electrons. The highest BCUT2D eigenvalue weighted by Crippen LogP contribution is 2.20. The Morgan fingerprint density at radius 2 is 2.17 bits per heavy atom. The summed E-state index contributed by atoms with van der Waals surface area (Å²) in [4.78, 5) is 3.96. The molecule has 0 spiro atoms. The van der Waals surface area contributed by atoms with Gasteiger partial charge in [-0.2, -0.15) is 5.26 Å². The molecule has 0 unspecified atom stereocenters. The molecule has 0 aromatic carbocycles. The molecule has 2 N–H and O–H groups in total. The molecule has 0 radical (unpaired) electrons. The maximum atomic E-state index is 8.79. The van der Waals surface area contributed by atoms with E-state index in [0.29, 0.717) is 32.0 Å². The van der Waals surface area contributed by atoms with Gasteiger partial charge in [-0.1, -0.05) is 0 Å². The SMILES string of the molecule is COCCCOCCOc1nccc(C#N)c1N. The monoisotopic (exact) mass is 251 g/mol. The zero-order chi connectivity index (χ0) is 13.2. The van der Waals surface area contributed by atoms with Crippen LogP contribution in [0, 0.1) is 11.3 Å². The number of nitriles is 1. The van der Waals surface area contributed by atoms with Gasteiger partial charge in [0, 0.05) is 26.5 Å². The fraction of sp³-hybridized carbons (Fsp3) is 0.500. The second kappa shape index (κ2) is 8.28. The lowest BCUT2D eigenvalue weighted by molar-refractivity contribution is 0.0797. The van der Waals surface area contributed by atoms with Crippen LogP contribution in [-0.4, -0.2) is 38.5 Å². The number of methoxy groups -OCH3 is 1. The van der Waals surface area contributed by atoms with Gasteiger partial charge in [0.15, 0.2) is 0 Å². The molecule has 0 saturated carbocycles. The number of hydrogen-bond acceptors (Lipinski definition) is 6. The van der Waals surface area contributed by atoms with Crippen molar-refractivity contribution in [2.75, 3.05) is 39.3 Å². The van der Waals surface area contributed by atoms with E-state index in [1.165, 1.54) is 6.20 Å². The molecule has 0 atom stereocenters. The van der Waals surface area contributed by atoms with Gasteiger partial charge in [-0.15, -0.1) is 0 Å². The highest BCUT2D eigenvalue weighted by molar-refractivity contribution is 5.59. The van der Waals surface area contributed by atoms with Crippen molar-refractivity contribution in [3.8, 4) is 11.9 Å². The average molecular weight is 251 g/mol. The van der Waals surface area contributed by atoms with Crippen LogP contribution in [-0.2, 0) is 9.47 Å². The number of rotatable bonds is 8. The van der Waals surface area contributed by atoms with Crippen LogP contribution in [0.2, 0.25) is 0 Å². The number of nitrogens with zero attached hydrogens (tertiary/aromatic N) is 2. The second-order valence-corrected chi connectivity index (χ2v) is 3.50. The lowest BCUT2D eigenvalue weighted by Gasteiger charge is -2.08. The molecule has 1 aromatic rings. The summed E-state index contributed by atoms with van der Waals surface area (Å²) in [7, 11) is 1.65. The highest BCUT2D eigenvalue weighted by Gasteiger charge is 2.06.